The lowest BCUT2D eigenvalue weighted by Gasteiger charge is -2.19. The summed E-state index contributed by atoms with van der Waals surface area (Å²) >= 11 is 11.0. The summed E-state index contributed by atoms with van der Waals surface area (Å²) in [6.45, 7) is 0. The van der Waals surface area contributed by atoms with Gasteiger partial charge in [0.25, 0.3) is 0 Å². The van der Waals surface area contributed by atoms with Gasteiger partial charge in [-0.15, -0.1) is 0 Å². The number of alkyl halides is 2. The third-order valence-electron chi connectivity index (χ3n) is 5.54. The van der Waals surface area contributed by atoms with Gasteiger partial charge in [-0.1, -0.05) is 23.2 Å². The maximum atomic E-state index is 12.5. The molecule has 11 heteroatoms. The first-order chi connectivity index (χ1) is 14.3. The molecule has 1 aromatic heterocycles. The zero-order valence-electron chi connectivity index (χ0n) is 15.3. The molecule has 0 saturated carbocycles. The Balaban J connectivity index is 1.66. The number of Topliss-reactive ketones (excluding diaryl/α,β-unsaturated/α-hetero) is 1. The number of carbonyl (C=O) groups excluding carboxylic acids is 2. The molecule has 0 spiro atoms. The van der Waals surface area contributed by atoms with Crippen molar-refractivity contribution in [2.24, 2.45) is 0 Å². The maximum Gasteiger partial charge on any atom is 0.347 e. The Morgan fingerprint density at radius 2 is 2.07 bits per heavy atom. The topological polar surface area (TPSA) is 122 Å². The molecule has 4 atom stereocenters. The van der Waals surface area contributed by atoms with E-state index in [2.05, 4.69) is 0 Å². The molecule has 2 aliphatic heterocycles. The first-order valence-corrected chi connectivity index (χ1v) is 9.91. The monoisotopic (exact) mass is 456 g/mol. The van der Waals surface area contributed by atoms with Crippen molar-refractivity contribution < 1.29 is 38.1 Å². The summed E-state index contributed by atoms with van der Waals surface area (Å²) in [4.78, 5) is 34.9. The molecule has 5 rings (SSSR count). The Kier molecular flexibility index (Phi) is 4.48. The van der Waals surface area contributed by atoms with Gasteiger partial charge in [-0.3, -0.25) is 9.53 Å². The van der Waals surface area contributed by atoms with E-state index in [1.807, 2.05) is 0 Å². The molecule has 1 N–H and O–H groups in total. The van der Waals surface area contributed by atoms with Crippen molar-refractivity contribution in [3.63, 3.8) is 0 Å². The fraction of sp³-hybridized carbons (Fsp3) is 0.421. The van der Waals surface area contributed by atoms with E-state index in [-0.39, 0.29) is 29.1 Å². The van der Waals surface area contributed by atoms with Gasteiger partial charge in [0.05, 0.1) is 24.0 Å². The van der Waals surface area contributed by atoms with Crippen molar-refractivity contribution in [1.82, 2.24) is 0 Å². The van der Waals surface area contributed by atoms with E-state index >= 15 is 0 Å². The molecule has 1 fully saturated rings. The molecule has 30 heavy (non-hydrogen) atoms. The minimum absolute atomic E-state index is 0.0153. The molecule has 3 aliphatic rings. The highest BCUT2D eigenvalue weighted by molar-refractivity contribution is 6.52. The summed E-state index contributed by atoms with van der Waals surface area (Å²) in [6.07, 6.45) is -3.16. The number of benzene rings is 1. The molecular weight excluding hydrogens is 443 g/mol. The van der Waals surface area contributed by atoms with Gasteiger partial charge in [-0.2, -0.15) is 0 Å². The maximum absolute atomic E-state index is 12.5. The highest BCUT2D eigenvalue weighted by Crippen LogP contribution is 2.52. The second-order valence-electron chi connectivity index (χ2n) is 7.11. The van der Waals surface area contributed by atoms with Crippen molar-refractivity contribution in [2.45, 2.75) is 42.3 Å². The SMILES string of the molecule is COc1cc2c(c3oc(=O)c4c(c13)CCC4=O)[C@H]1[C@@H](O2)O[C@@H](OC(=O)C(Cl)Cl)[C@@H]1O. The molecule has 0 radical (unpaired) electrons. The van der Waals surface area contributed by atoms with Gasteiger partial charge in [0.15, 0.2) is 5.78 Å². The van der Waals surface area contributed by atoms with Gasteiger partial charge in [-0.05, 0) is 12.0 Å². The Hall–Kier alpha value is -2.33. The lowest BCUT2D eigenvalue weighted by Crippen LogP contribution is -2.32. The van der Waals surface area contributed by atoms with Gasteiger partial charge >= 0.3 is 11.6 Å². The number of fused-ring (bicyclic) bond motifs is 7. The van der Waals surface area contributed by atoms with E-state index in [0.29, 0.717) is 28.7 Å². The number of hydrogen-bond acceptors (Lipinski definition) is 9. The first-order valence-electron chi connectivity index (χ1n) is 9.04. The van der Waals surface area contributed by atoms with Crippen LogP contribution in [-0.4, -0.2) is 47.5 Å². The van der Waals surface area contributed by atoms with Crippen LogP contribution in [0.1, 0.15) is 33.8 Å². The fourth-order valence-corrected chi connectivity index (χ4v) is 4.41. The second-order valence-corrected chi connectivity index (χ2v) is 8.20. The van der Waals surface area contributed by atoms with Crippen LogP contribution in [0, 0.1) is 0 Å². The van der Waals surface area contributed by atoms with Gasteiger partial charge in [-0.25, -0.2) is 9.59 Å². The molecule has 9 nitrogen and oxygen atoms in total. The number of ether oxygens (including phenoxy) is 4. The number of halogens is 2. The fourth-order valence-electron chi connectivity index (χ4n) is 4.31. The number of hydrogen-bond donors (Lipinski definition) is 1. The van der Waals surface area contributed by atoms with Crippen LogP contribution in [0.3, 0.4) is 0 Å². The zero-order chi connectivity index (χ0) is 21.3. The minimum atomic E-state index is -1.45. The van der Waals surface area contributed by atoms with E-state index in [1.165, 1.54) is 7.11 Å². The van der Waals surface area contributed by atoms with E-state index < -0.39 is 41.0 Å². The van der Waals surface area contributed by atoms with E-state index in [0.717, 1.165) is 0 Å². The Morgan fingerprint density at radius 3 is 2.77 bits per heavy atom. The van der Waals surface area contributed by atoms with Crippen LogP contribution in [0.25, 0.3) is 11.0 Å². The third-order valence-corrected chi connectivity index (χ3v) is 5.90. The number of esters is 1. The van der Waals surface area contributed by atoms with Crippen molar-refractivity contribution in [2.75, 3.05) is 7.11 Å². The lowest BCUT2D eigenvalue weighted by atomic mass is 9.92. The van der Waals surface area contributed by atoms with Crippen molar-refractivity contribution in [1.29, 1.82) is 0 Å². The molecule has 0 unspecified atom stereocenters. The average molecular weight is 457 g/mol. The molecule has 2 aromatic rings. The average Bonchev–Trinajstić information content (AvgIpc) is 3.34. The van der Waals surface area contributed by atoms with Crippen molar-refractivity contribution in [3.8, 4) is 11.5 Å². The molecule has 1 aromatic carbocycles. The van der Waals surface area contributed by atoms with Gasteiger partial charge < -0.3 is 23.7 Å². The third kappa shape index (κ3) is 2.66. The summed E-state index contributed by atoms with van der Waals surface area (Å²) in [5.41, 5.74) is 0.300. The van der Waals surface area contributed by atoms with Crippen LogP contribution >= 0.6 is 23.2 Å². The summed E-state index contributed by atoms with van der Waals surface area (Å²) in [5, 5.41) is 11.2. The van der Waals surface area contributed by atoms with Gasteiger partial charge in [0, 0.05) is 12.5 Å². The van der Waals surface area contributed by atoms with Crippen LogP contribution in [0.15, 0.2) is 15.3 Å². The van der Waals surface area contributed by atoms with Crippen LogP contribution < -0.4 is 15.1 Å². The minimum Gasteiger partial charge on any atom is -0.496 e. The van der Waals surface area contributed by atoms with E-state index in [4.69, 9.17) is 46.6 Å². The molecule has 1 saturated heterocycles. The zero-order valence-corrected chi connectivity index (χ0v) is 16.9. The van der Waals surface area contributed by atoms with Gasteiger partial charge in [0.2, 0.25) is 17.4 Å². The number of aliphatic hydroxyl groups is 1. The summed E-state index contributed by atoms with van der Waals surface area (Å²) in [5.74, 6) is -1.44. The highest BCUT2D eigenvalue weighted by Gasteiger charge is 2.54. The predicted octanol–water partition coefficient (Wildman–Crippen LogP) is 1.80. The summed E-state index contributed by atoms with van der Waals surface area (Å²) in [6, 6.07) is 1.59. The van der Waals surface area contributed by atoms with Crippen LogP contribution in [-0.2, 0) is 20.7 Å². The molecule has 0 bridgehead atoms. The first kappa shape index (κ1) is 19.6. The number of rotatable bonds is 3. The lowest BCUT2D eigenvalue weighted by molar-refractivity contribution is -0.201. The number of carbonyl (C=O) groups is 2. The molecule has 158 valence electrons. The summed E-state index contributed by atoms with van der Waals surface area (Å²) in [7, 11) is 1.45. The summed E-state index contributed by atoms with van der Waals surface area (Å²) < 4.78 is 27.2. The molecule has 3 heterocycles. The van der Waals surface area contributed by atoms with E-state index in [1.54, 1.807) is 6.07 Å². The molecule has 0 amide bonds. The van der Waals surface area contributed by atoms with Crippen LogP contribution in [0.2, 0.25) is 0 Å². The Morgan fingerprint density at radius 1 is 1.30 bits per heavy atom. The normalized spacial score (nSPS) is 26.5. The number of aliphatic hydroxyl groups excluding tert-OH is 1. The number of ketones is 1. The largest absolute Gasteiger partial charge is 0.496 e. The number of aryl methyl sites for hydroxylation is 1. The van der Waals surface area contributed by atoms with Crippen LogP contribution in [0.4, 0.5) is 0 Å². The Bertz CT molecular complexity index is 1160. The Labute approximate surface area is 178 Å². The predicted molar refractivity (Wildman–Crippen MR) is 101 cm³/mol. The van der Waals surface area contributed by atoms with Crippen molar-refractivity contribution >= 4 is 45.9 Å². The molecule has 1 aliphatic carbocycles. The van der Waals surface area contributed by atoms with Crippen LogP contribution in [0.5, 0.6) is 11.5 Å². The van der Waals surface area contributed by atoms with E-state index in [9.17, 15) is 19.5 Å². The van der Waals surface area contributed by atoms with Gasteiger partial charge in [0.1, 0.15) is 28.7 Å². The quantitative estimate of drug-likeness (QED) is 0.418. The molecular formula is C19H14Cl2O9. The second kappa shape index (κ2) is 6.84. The standard InChI is InChI=1S/C19H14Cl2O9/c1-26-7-4-8-11(14-10(7)5-2-3-6(22)9(5)16(24)28-14)12-13(23)19(30-18(12)27-8)29-17(25)15(20)21/h4,12-13,15,18-19,23H,2-3H2,1H3/t12-,13-,18+,19-/m1/s1. The van der Waals surface area contributed by atoms with Crippen molar-refractivity contribution in [3.05, 3.63) is 33.2 Å². The highest BCUT2D eigenvalue weighted by atomic mass is 35.5. The number of methoxy groups -OCH3 is 1. The smallest absolute Gasteiger partial charge is 0.347 e.